The standard InChI is InChI=1S/C33H31N5O/c1-37-12-14-38(15-13-37)22-25-3-2-4-27(18-25)28-7-10-31-32(19-28)35-21-29(20-34)33(31)36-30-8-5-24(6-9-30)17-26-11-16-39-23-26/h2-11,16,18-19,21,23H,12-15,17,22H2,1H3,(H,35,36). The van der Waals surface area contributed by atoms with Crippen LogP contribution in [0.25, 0.3) is 22.0 Å². The Balaban J connectivity index is 1.24. The first kappa shape index (κ1) is 24.9. The van der Waals surface area contributed by atoms with Crippen molar-refractivity contribution in [2.24, 2.45) is 0 Å². The van der Waals surface area contributed by atoms with Crippen molar-refractivity contribution >= 4 is 22.3 Å². The third-order valence-electron chi connectivity index (χ3n) is 7.46. The van der Waals surface area contributed by atoms with Crippen molar-refractivity contribution in [2.75, 3.05) is 38.5 Å². The number of likely N-dealkylation sites (N-methyl/N-ethyl adjacent to an activating group) is 1. The summed E-state index contributed by atoms with van der Waals surface area (Å²) in [5.74, 6) is 0. The summed E-state index contributed by atoms with van der Waals surface area (Å²) in [6.07, 6.45) is 5.94. The van der Waals surface area contributed by atoms with Gasteiger partial charge >= 0.3 is 0 Å². The van der Waals surface area contributed by atoms with Gasteiger partial charge in [0.1, 0.15) is 6.07 Å². The van der Waals surface area contributed by atoms with Crippen LogP contribution in [-0.4, -0.2) is 48.0 Å². The Morgan fingerprint density at radius 2 is 1.72 bits per heavy atom. The molecule has 1 saturated heterocycles. The van der Waals surface area contributed by atoms with E-state index in [0.29, 0.717) is 5.56 Å². The van der Waals surface area contributed by atoms with Gasteiger partial charge < -0.3 is 14.6 Å². The van der Waals surface area contributed by atoms with Crippen molar-refractivity contribution in [1.29, 1.82) is 5.26 Å². The van der Waals surface area contributed by atoms with E-state index in [0.717, 1.165) is 72.5 Å². The monoisotopic (exact) mass is 513 g/mol. The van der Waals surface area contributed by atoms with Gasteiger partial charge in [0.2, 0.25) is 0 Å². The molecular weight excluding hydrogens is 482 g/mol. The number of anilines is 2. The normalized spacial score (nSPS) is 14.4. The molecule has 1 aliphatic rings. The summed E-state index contributed by atoms with van der Waals surface area (Å²) in [5.41, 5.74) is 9.04. The Labute approximate surface area is 229 Å². The first-order valence-corrected chi connectivity index (χ1v) is 13.3. The van der Waals surface area contributed by atoms with Gasteiger partial charge in [0, 0.05) is 56.4 Å². The van der Waals surface area contributed by atoms with Gasteiger partial charge in [-0.2, -0.15) is 5.26 Å². The summed E-state index contributed by atoms with van der Waals surface area (Å²) in [6.45, 7) is 5.41. The highest BCUT2D eigenvalue weighted by Gasteiger charge is 2.15. The van der Waals surface area contributed by atoms with E-state index in [1.165, 1.54) is 16.7 Å². The molecule has 0 atom stereocenters. The number of hydrogen-bond acceptors (Lipinski definition) is 6. The number of benzene rings is 3. The van der Waals surface area contributed by atoms with E-state index in [9.17, 15) is 5.26 Å². The van der Waals surface area contributed by atoms with Crippen molar-refractivity contribution in [3.63, 3.8) is 0 Å². The lowest BCUT2D eigenvalue weighted by molar-refractivity contribution is 0.148. The van der Waals surface area contributed by atoms with Crippen LogP contribution < -0.4 is 5.32 Å². The molecule has 0 radical (unpaired) electrons. The largest absolute Gasteiger partial charge is 0.472 e. The zero-order valence-electron chi connectivity index (χ0n) is 22.1. The van der Waals surface area contributed by atoms with E-state index in [-0.39, 0.29) is 0 Å². The van der Waals surface area contributed by atoms with Crippen molar-refractivity contribution in [3.05, 3.63) is 114 Å². The summed E-state index contributed by atoms with van der Waals surface area (Å²) in [4.78, 5) is 9.54. The van der Waals surface area contributed by atoms with Crippen LogP contribution in [0, 0.1) is 11.3 Å². The van der Waals surface area contributed by atoms with Crippen LogP contribution >= 0.6 is 0 Å². The Bertz CT molecular complexity index is 1610. The Kier molecular flexibility index (Phi) is 7.09. The van der Waals surface area contributed by atoms with E-state index in [2.05, 4.69) is 87.8 Å². The molecule has 1 aliphatic heterocycles. The number of nitrogens with one attached hydrogen (secondary N) is 1. The summed E-state index contributed by atoms with van der Waals surface area (Å²) in [6, 6.07) is 27.7. The minimum absolute atomic E-state index is 0.520. The third-order valence-corrected chi connectivity index (χ3v) is 7.46. The fourth-order valence-electron chi connectivity index (χ4n) is 5.19. The second kappa shape index (κ2) is 11.1. The maximum atomic E-state index is 9.81. The molecule has 5 aromatic rings. The molecular formula is C33H31N5O. The molecule has 0 unspecified atom stereocenters. The average Bonchev–Trinajstić information content (AvgIpc) is 3.48. The number of aromatic nitrogens is 1. The predicted molar refractivity (Wildman–Crippen MR) is 156 cm³/mol. The van der Waals surface area contributed by atoms with Crippen molar-refractivity contribution in [3.8, 4) is 17.2 Å². The topological polar surface area (TPSA) is 68.3 Å². The van der Waals surface area contributed by atoms with Gasteiger partial charge in [-0.25, -0.2) is 0 Å². The summed E-state index contributed by atoms with van der Waals surface area (Å²) < 4.78 is 5.18. The van der Waals surface area contributed by atoms with Gasteiger partial charge in [-0.3, -0.25) is 9.88 Å². The molecule has 194 valence electrons. The zero-order valence-corrected chi connectivity index (χ0v) is 22.1. The number of piperazine rings is 1. The molecule has 3 heterocycles. The second-order valence-electron chi connectivity index (χ2n) is 10.3. The number of fused-ring (bicyclic) bond motifs is 1. The number of nitrogens with zero attached hydrogens (tertiary/aromatic N) is 4. The number of pyridine rings is 1. The first-order chi connectivity index (χ1) is 19.1. The molecule has 6 rings (SSSR count). The zero-order chi connectivity index (χ0) is 26.6. The Morgan fingerprint density at radius 1 is 0.897 bits per heavy atom. The maximum absolute atomic E-state index is 9.81. The van der Waals surface area contributed by atoms with Crippen LogP contribution in [0.15, 0.2) is 95.9 Å². The smallest absolute Gasteiger partial charge is 0.103 e. The molecule has 0 bridgehead atoms. The quantitative estimate of drug-likeness (QED) is 0.270. The molecule has 1 fully saturated rings. The molecule has 6 heteroatoms. The lowest BCUT2D eigenvalue weighted by atomic mass is 10.00. The minimum atomic E-state index is 0.520. The molecule has 2 aromatic heterocycles. The minimum Gasteiger partial charge on any atom is -0.472 e. The summed E-state index contributed by atoms with van der Waals surface area (Å²) in [5, 5.41) is 14.2. The highest BCUT2D eigenvalue weighted by atomic mass is 16.3. The number of furan rings is 1. The van der Waals surface area contributed by atoms with Crippen LogP contribution in [0.4, 0.5) is 11.4 Å². The maximum Gasteiger partial charge on any atom is 0.103 e. The SMILES string of the molecule is CN1CCN(Cc2cccc(-c3ccc4c(Nc5ccc(Cc6ccoc6)cc5)c(C#N)cnc4c3)c2)CC1. The number of nitriles is 1. The van der Waals surface area contributed by atoms with Crippen LogP contribution in [0.3, 0.4) is 0 Å². The highest BCUT2D eigenvalue weighted by molar-refractivity contribution is 5.97. The van der Waals surface area contributed by atoms with Crippen LogP contribution in [0.2, 0.25) is 0 Å². The van der Waals surface area contributed by atoms with E-state index < -0.39 is 0 Å². The number of hydrogen-bond donors (Lipinski definition) is 1. The van der Waals surface area contributed by atoms with Crippen LogP contribution in [0.1, 0.15) is 22.3 Å². The van der Waals surface area contributed by atoms with E-state index in [4.69, 9.17) is 4.42 Å². The van der Waals surface area contributed by atoms with Gasteiger partial charge in [-0.05, 0) is 65.2 Å². The van der Waals surface area contributed by atoms with Gasteiger partial charge in [-0.15, -0.1) is 0 Å². The Hall–Kier alpha value is -4.44. The van der Waals surface area contributed by atoms with E-state index >= 15 is 0 Å². The lowest BCUT2D eigenvalue weighted by Gasteiger charge is -2.32. The van der Waals surface area contributed by atoms with Gasteiger partial charge in [0.25, 0.3) is 0 Å². The molecule has 0 aliphatic carbocycles. The van der Waals surface area contributed by atoms with Crippen molar-refractivity contribution in [1.82, 2.24) is 14.8 Å². The van der Waals surface area contributed by atoms with Gasteiger partial charge in [-0.1, -0.05) is 42.5 Å². The van der Waals surface area contributed by atoms with E-state index in [1.807, 2.05) is 18.2 Å². The molecule has 0 saturated carbocycles. The van der Waals surface area contributed by atoms with Crippen molar-refractivity contribution < 1.29 is 4.42 Å². The van der Waals surface area contributed by atoms with E-state index in [1.54, 1.807) is 18.7 Å². The molecule has 1 N–H and O–H groups in total. The first-order valence-electron chi connectivity index (χ1n) is 13.3. The molecule has 39 heavy (non-hydrogen) atoms. The highest BCUT2D eigenvalue weighted by Crippen LogP contribution is 2.32. The molecule has 6 nitrogen and oxygen atoms in total. The fraction of sp³-hybridized carbons (Fsp3) is 0.212. The van der Waals surface area contributed by atoms with Crippen molar-refractivity contribution in [2.45, 2.75) is 13.0 Å². The molecule has 3 aromatic carbocycles. The second-order valence-corrected chi connectivity index (χ2v) is 10.3. The van der Waals surface area contributed by atoms with Gasteiger partial charge in [0.05, 0.1) is 29.3 Å². The van der Waals surface area contributed by atoms with Crippen LogP contribution in [-0.2, 0) is 13.0 Å². The lowest BCUT2D eigenvalue weighted by Crippen LogP contribution is -2.43. The van der Waals surface area contributed by atoms with Crippen LogP contribution in [0.5, 0.6) is 0 Å². The summed E-state index contributed by atoms with van der Waals surface area (Å²) >= 11 is 0. The predicted octanol–water partition coefficient (Wildman–Crippen LogP) is 6.45. The molecule has 0 amide bonds. The Morgan fingerprint density at radius 3 is 2.49 bits per heavy atom. The van der Waals surface area contributed by atoms with Gasteiger partial charge in [0.15, 0.2) is 0 Å². The molecule has 0 spiro atoms. The average molecular weight is 514 g/mol. The summed E-state index contributed by atoms with van der Waals surface area (Å²) in [7, 11) is 2.19. The fourth-order valence-corrected chi connectivity index (χ4v) is 5.19. The number of rotatable bonds is 7. The third kappa shape index (κ3) is 5.70.